The van der Waals surface area contributed by atoms with Gasteiger partial charge in [0.05, 0.1) is 53.9 Å². The van der Waals surface area contributed by atoms with Crippen LogP contribution in [-0.4, -0.2) is 100 Å². The van der Waals surface area contributed by atoms with Gasteiger partial charge >= 0.3 is 12.4 Å². The highest BCUT2D eigenvalue weighted by Gasteiger charge is 2.41. The zero-order chi connectivity index (χ0) is 47.9. The van der Waals surface area contributed by atoms with Gasteiger partial charge < -0.3 is 19.9 Å². The molecule has 2 fully saturated rings. The third kappa shape index (κ3) is 12.8. The number of hydrogen-bond acceptors (Lipinski definition) is 8. The SMILES string of the molecule is CS(=O)(=O)N1CCN(Cc2ccccc2)C[C@H]1COCc1ccccc1.Cc1ccccc1-c1cc(N2CCNCC2)ncc1N(C)C(=O)C(C)(C)c1cc(C(F)(F)F)cc(C(F)(F)F)c1. The molecule has 354 valence electrons. The molecule has 4 aromatic carbocycles. The second kappa shape index (κ2) is 21.1. The number of amides is 1. The van der Waals surface area contributed by atoms with Crippen molar-refractivity contribution in [2.45, 2.75) is 57.7 Å². The highest BCUT2D eigenvalue weighted by Crippen LogP contribution is 2.41. The van der Waals surface area contributed by atoms with E-state index in [0.717, 1.165) is 56.0 Å². The number of hydrogen-bond donors (Lipinski definition) is 1. The standard InChI is InChI=1S/C29H30F6N4O.C20H26N2O3S/c1-18-7-5-6-8-22(18)23-16-25(39-11-9-36-10-12-39)37-17-24(23)38(4)26(40)27(2,3)19-13-20(28(30,31)32)15-21(14-19)29(33,34)35;1-26(23,24)22-13-12-21(14-18-8-4-2-5-9-18)15-20(22)17-25-16-19-10-6-3-7-11-19/h5-8,13-17,36H,9-12H2,1-4H3;2-11,20H,12-17H2,1H3/t;20-/m.0/s1. The summed E-state index contributed by atoms with van der Waals surface area (Å²) >= 11 is 0. The molecule has 0 aliphatic carbocycles. The fourth-order valence-electron chi connectivity index (χ4n) is 8.18. The van der Waals surface area contributed by atoms with Gasteiger partial charge in [-0.05, 0) is 72.9 Å². The maximum atomic E-state index is 13.9. The number of pyridine rings is 1. The first kappa shape index (κ1) is 50.1. The highest BCUT2D eigenvalue weighted by molar-refractivity contribution is 7.88. The van der Waals surface area contributed by atoms with Crippen LogP contribution < -0.4 is 15.1 Å². The van der Waals surface area contributed by atoms with Crippen LogP contribution in [0.25, 0.3) is 11.1 Å². The number of halogens is 6. The number of piperazine rings is 2. The minimum absolute atomic E-state index is 0.0583. The molecule has 2 aliphatic rings. The molecule has 0 saturated carbocycles. The van der Waals surface area contributed by atoms with Crippen molar-refractivity contribution in [1.82, 2.24) is 19.5 Å². The molecule has 2 saturated heterocycles. The van der Waals surface area contributed by atoms with Crippen molar-refractivity contribution in [2.75, 3.05) is 75.5 Å². The molecule has 0 bridgehead atoms. The van der Waals surface area contributed by atoms with Gasteiger partial charge in [0, 0.05) is 65.0 Å². The Bertz CT molecular complexity index is 2490. The Morgan fingerprint density at radius 1 is 0.773 bits per heavy atom. The monoisotopic (exact) mass is 938 g/mol. The largest absolute Gasteiger partial charge is 0.416 e. The first-order valence-electron chi connectivity index (χ1n) is 21.6. The molecule has 5 aromatic rings. The summed E-state index contributed by atoms with van der Waals surface area (Å²) in [6.07, 6.45) is -7.24. The number of likely N-dealkylation sites (N-methyl/N-ethyl adjacent to an activating group) is 1. The third-order valence-corrected chi connectivity index (χ3v) is 13.2. The van der Waals surface area contributed by atoms with Gasteiger partial charge in [-0.3, -0.25) is 9.69 Å². The molecular weight excluding hydrogens is 883 g/mol. The van der Waals surface area contributed by atoms with Crippen molar-refractivity contribution < 1.29 is 44.3 Å². The smallest absolute Gasteiger partial charge is 0.375 e. The van der Waals surface area contributed by atoms with Crippen LogP contribution >= 0.6 is 0 Å². The summed E-state index contributed by atoms with van der Waals surface area (Å²) in [4.78, 5) is 24.1. The van der Waals surface area contributed by atoms with Gasteiger partial charge in [0.15, 0.2) is 0 Å². The molecule has 2 aliphatic heterocycles. The summed E-state index contributed by atoms with van der Waals surface area (Å²) in [5.41, 5.74) is 0.0701. The van der Waals surface area contributed by atoms with Crippen LogP contribution in [0.15, 0.2) is 115 Å². The maximum Gasteiger partial charge on any atom is 0.416 e. The number of aromatic nitrogens is 1. The third-order valence-electron chi connectivity index (χ3n) is 11.9. The highest BCUT2D eigenvalue weighted by atomic mass is 32.2. The maximum absolute atomic E-state index is 13.9. The number of nitrogens with one attached hydrogen (secondary N) is 1. The first-order chi connectivity index (χ1) is 31.1. The van der Waals surface area contributed by atoms with Crippen molar-refractivity contribution in [1.29, 1.82) is 0 Å². The number of benzene rings is 4. The molecule has 10 nitrogen and oxygen atoms in total. The predicted molar refractivity (Wildman–Crippen MR) is 246 cm³/mol. The van der Waals surface area contributed by atoms with Crippen molar-refractivity contribution in [3.05, 3.63) is 149 Å². The molecule has 0 unspecified atom stereocenters. The van der Waals surface area contributed by atoms with E-state index in [1.165, 1.54) is 43.8 Å². The van der Waals surface area contributed by atoms with Gasteiger partial charge in [0.25, 0.3) is 0 Å². The Balaban J connectivity index is 0.000000239. The fraction of sp³-hybridized carbons (Fsp3) is 0.388. The molecule has 1 atom stereocenters. The number of nitrogens with zero attached hydrogens (tertiary/aromatic N) is 5. The molecule has 1 aromatic heterocycles. The second-order valence-corrected chi connectivity index (χ2v) is 19.1. The van der Waals surface area contributed by atoms with Crippen LogP contribution in [0.1, 0.15) is 47.2 Å². The van der Waals surface area contributed by atoms with Crippen LogP contribution in [0.3, 0.4) is 0 Å². The summed E-state index contributed by atoms with van der Waals surface area (Å²) in [5.74, 6) is 0.0165. The van der Waals surface area contributed by atoms with E-state index in [1.54, 1.807) is 4.31 Å². The van der Waals surface area contributed by atoms with Crippen LogP contribution in [-0.2, 0) is 50.5 Å². The molecule has 0 radical (unpaired) electrons. The zero-order valence-electron chi connectivity index (χ0n) is 37.7. The van der Waals surface area contributed by atoms with E-state index in [2.05, 4.69) is 32.2 Å². The number of carbonyl (C=O) groups excluding carboxylic acids is 1. The van der Waals surface area contributed by atoms with Gasteiger partial charge in [0.1, 0.15) is 5.82 Å². The molecule has 0 spiro atoms. The molecule has 7 rings (SSSR count). The number of ether oxygens (including phenoxy) is 1. The normalized spacial score (nSPS) is 16.7. The Hall–Kier alpha value is -5.33. The van der Waals surface area contributed by atoms with Crippen LogP contribution in [0.4, 0.5) is 37.8 Å². The lowest BCUT2D eigenvalue weighted by atomic mass is 9.81. The summed E-state index contributed by atoms with van der Waals surface area (Å²) in [5, 5.41) is 3.28. The van der Waals surface area contributed by atoms with E-state index in [4.69, 9.17) is 4.74 Å². The van der Waals surface area contributed by atoms with E-state index < -0.39 is 50.4 Å². The van der Waals surface area contributed by atoms with Crippen LogP contribution in [0, 0.1) is 6.92 Å². The summed E-state index contributed by atoms with van der Waals surface area (Å²) in [7, 11) is -1.79. The minimum Gasteiger partial charge on any atom is -0.375 e. The minimum atomic E-state index is -5.03. The van der Waals surface area contributed by atoms with Crippen molar-refractivity contribution in [3.8, 4) is 11.1 Å². The van der Waals surface area contributed by atoms with E-state index in [-0.39, 0.29) is 12.1 Å². The molecule has 1 amide bonds. The van der Waals surface area contributed by atoms with Crippen molar-refractivity contribution >= 4 is 27.4 Å². The lowest BCUT2D eigenvalue weighted by Gasteiger charge is -2.39. The van der Waals surface area contributed by atoms with E-state index in [1.807, 2.05) is 85.8 Å². The van der Waals surface area contributed by atoms with Crippen LogP contribution in [0.2, 0.25) is 0 Å². The Kier molecular flexibility index (Phi) is 16.0. The average Bonchev–Trinajstić information content (AvgIpc) is 3.28. The predicted octanol–water partition coefficient (Wildman–Crippen LogP) is 8.79. The van der Waals surface area contributed by atoms with Gasteiger partial charge in [0.2, 0.25) is 15.9 Å². The van der Waals surface area contributed by atoms with E-state index in [0.29, 0.717) is 55.5 Å². The topological polar surface area (TPSA) is 98.3 Å². The van der Waals surface area contributed by atoms with Crippen molar-refractivity contribution in [3.63, 3.8) is 0 Å². The fourth-order valence-corrected chi connectivity index (χ4v) is 9.26. The molecule has 66 heavy (non-hydrogen) atoms. The zero-order valence-corrected chi connectivity index (χ0v) is 38.5. The summed E-state index contributed by atoms with van der Waals surface area (Å²) in [6.45, 7) is 11.2. The Labute approximate surface area is 383 Å². The number of sulfonamides is 1. The van der Waals surface area contributed by atoms with E-state index >= 15 is 0 Å². The Morgan fingerprint density at radius 2 is 1.33 bits per heavy atom. The Morgan fingerprint density at radius 3 is 1.91 bits per heavy atom. The molecule has 1 N–H and O–H groups in total. The van der Waals surface area contributed by atoms with Gasteiger partial charge in [-0.2, -0.15) is 30.6 Å². The molecular formula is C49H56F6N6O4S. The molecule has 3 heterocycles. The summed E-state index contributed by atoms with van der Waals surface area (Å²) < 4.78 is 113. The number of carbonyl (C=O) groups is 1. The average molecular weight is 939 g/mol. The quantitative estimate of drug-likeness (QED) is 0.124. The lowest BCUT2D eigenvalue weighted by molar-refractivity contribution is -0.143. The van der Waals surface area contributed by atoms with Gasteiger partial charge in [-0.15, -0.1) is 0 Å². The second-order valence-electron chi connectivity index (χ2n) is 17.1. The lowest BCUT2D eigenvalue weighted by Crippen LogP contribution is -2.56. The first-order valence-corrected chi connectivity index (χ1v) is 23.4. The molecule has 17 heteroatoms. The van der Waals surface area contributed by atoms with E-state index in [9.17, 15) is 39.6 Å². The number of aryl methyl sites for hydroxylation is 1. The van der Waals surface area contributed by atoms with Gasteiger partial charge in [-0.25, -0.2) is 13.4 Å². The van der Waals surface area contributed by atoms with Gasteiger partial charge in [-0.1, -0.05) is 84.9 Å². The van der Waals surface area contributed by atoms with Crippen molar-refractivity contribution in [2.24, 2.45) is 0 Å². The number of alkyl halides is 6. The summed E-state index contributed by atoms with van der Waals surface area (Å²) in [6, 6.07) is 30.7. The number of rotatable bonds is 12. The van der Waals surface area contributed by atoms with Crippen LogP contribution in [0.5, 0.6) is 0 Å². The number of anilines is 2.